The molecule has 6 heteroatoms. The predicted molar refractivity (Wildman–Crippen MR) is 113 cm³/mol. The van der Waals surface area contributed by atoms with Crippen LogP contribution in [-0.2, 0) is 11.2 Å². The summed E-state index contributed by atoms with van der Waals surface area (Å²) in [5.74, 6) is -0.597. The molecule has 0 unspecified atom stereocenters. The monoisotopic (exact) mass is 406 g/mol. The number of furan rings is 1. The minimum Gasteiger partial charge on any atom is -0.465 e. The zero-order valence-electron chi connectivity index (χ0n) is 16.7. The maximum Gasteiger partial charge on any atom is 0.267 e. The molecule has 2 N–H and O–H groups in total. The number of hydrogen-bond acceptors (Lipinski definition) is 3. The highest BCUT2D eigenvalue weighted by molar-refractivity contribution is 6.05. The maximum atomic E-state index is 13.0. The van der Waals surface area contributed by atoms with Crippen molar-refractivity contribution in [2.45, 2.75) is 19.8 Å². The first-order valence-electron chi connectivity index (χ1n) is 9.68. The average molecular weight is 406 g/mol. The maximum absolute atomic E-state index is 13.0. The lowest BCUT2D eigenvalue weighted by Gasteiger charge is -2.12. The van der Waals surface area contributed by atoms with Crippen molar-refractivity contribution < 1.29 is 18.4 Å². The van der Waals surface area contributed by atoms with Crippen molar-refractivity contribution in [1.29, 1.82) is 0 Å². The Morgan fingerprint density at radius 2 is 1.80 bits per heavy atom. The Kier molecular flexibility index (Phi) is 7.16. The van der Waals surface area contributed by atoms with E-state index in [0.29, 0.717) is 30.7 Å². The van der Waals surface area contributed by atoms with Crippen LogP contribution in [0.2, 0.25) is 0 Å². The Labute approximate surface area is 174 Å². The quantitative estimate of drug-likeness (QED) is 0.434. The summed E-state index contributed by atoms with van der Waals surface area (Å²) in [6.07, 6.45) is 4.36. The molecule has 154 valence electrons. The van der Waals surface area contributed by atoms with Gasteiger partial charge in [0.15, 0.2) is 0 Å². The van der Waals surface area contributed by atoms with Crippen molar-refractivity contribution in [3.8, 4) is 0 Å². The van der Waals surface area contributed by atoms with E-state index in [9.17, 15) is 14.0 Å². The average Bonchev–Trinajstić information content (AvgIpc) is 3.25. The van der Waals surface area contributed by atoms with Crippen molar-refractivity contribution in [2.24, 2.45) is 0 Å². The lowest BCUT2D eigenvalue weighted by molar-refractivity contribution is -0.117. The number of carbonyl (C=O) groups is 2. The molecule has 0 fully saturated rings. The third kappa shape index (κ3) is 5.91. The first-order chi connectivity index (χ1) is 14.5. The number of benzene rings is 2. The van der Waals surface area contributed by atoms with E-state index in [4.69, 9.17) is 4.42 Å². The summed E-state index contributed by atoms with van der Waals surface area (Å²) in [5, 5.41) is 5.50. The zero-order chi connectivity index (χ0) is 21.3. The van der Waals surface area contributed by atoms with E-state index in [1.165, 1.54) is 24.5 Å². The van der Waals surface area contributed by atoms with Gasteiger partial charge in [-0.1, -0.05) is 30.3 Å². The Hall–Kier alpha value is -3.67. The topological polar surface area (TPSA) is 71.3 Å². The number of nitrogens with one attached hydrogen (secondary N) is 2. The first kappa shape index (κ1) is 21.0. The smallest absolute Gasteiger partial charge is 0.267 e. The Morgan fingerprint density at radius 3 is 2.50 bits per heavy atom. The van der Waals surface area contributed by atoms with E-state index in [1.807, 2.05) is 19.1 Å². The van der Waals surface area contributed by atoms with Crippen molar-refractivity contribution in [1.82, 2.24) is 10.6 Å². The van der Waals surface area contributed by atoms with Crippen LogP contribution in [0.25, 0.3) is 6.08 Å². The summed E-state index contributed by atoms with van der Waals surface area (Å²) in [4.78, 5) is 25.3. The fourth-order valence-electron chi connectivity index (χ4n) is 2.93. The van der Waals surface area contributed by atoms with Gasteiger partial charge in [0.1, 0.15) is 17.3 Å². The molecule has 0 bridgehead atoms. The van der Waals surface area contributed by atoms with Gasteiger partial charge in [0.2, 0.25) is 0 Å². The normalized spacial score (nSPS) is 11.2. The van der Waals surface area contributed by atoms with Crippen LogP contribution in [0, 0.1) is 12.7 Å². The molecule has 0 atom stereocenters. The minimum absolute atomic E-state index is 0.0972. The number of aryl methyl sites for hydroxylation is 2. The molecule has 0 saturated heterocycles. The van der Waals surface area contributed by atoms with Crippen molar-refractivity contribution in [3.05, 3.63) is 101 Å². The number of halogens is 1. The van der Waals surface area contributed by atoms with Crippen LogP contribution in [0.1, 0.15) is 33.7 Å². The highest BCUT2D eigenvalue weighted by Crippen LogP contribution is 2.11. The highest BCUT2D eigenvalue weighted by Gasteiger charge is 2.16. The molecule has 30 heavy (non-hydrogen) atoms. The molecular weight excluding hydrogens is 383 g/mol. The van der Waals surface area contributed by atoms with Gasteiger partial charge >= 0.3 is 0 Å². The summed E-state index contributed by atoms with van der Waals surface area (Å²) >= 11 is 0. The van der Waals surface area contributed by atoms with Crippen molar-refractivity contribution in [3.63, 3.8) is 0 Å². The second-order valence-corrected chi connectivity index (χ2v) is 6.83. The van der Waals surface area contributed by atoms with Crippen LogP contribution >= 0.6 is 0 Å². The van der Waals surface area contributed by atoms with E-state index < -0.39 is 5.91 Å². The predicted octanol–water partition coefficient (Wildman–Crippen LogP) is 4.25. The number of rotatable bonds is 8. The third-order valence-corrected chi connectivity index (χ3v) is 4.55. The molecule has 0 spiro atoms. The molecule has 3 aromatic rings. The Balaban J connectivity index is 1.63. The van der Waals surface area contributed by atoms with E-state index in [-0.39, 0.29) is 17.4 Å². The van der Waals surface area contributed by atoms with Gasteiger partial charge < -0.3 is 15.1 Å². The Bertz CT molecular complexity index is 1020. The van der Waals surface area contributed by atoms with Gasteiger partial charge in [-0.2, -0.15) is 0 Å². The van der Waals surface area contributed by atoms with Gasteiger partial charge in [0.05, 0.1) is 6.26 Å². The van der Waals surface area contributed by atoms with Gasteiger partial charge in [0, 0.05) is 18.2 Å². The van der Waals surface area contributed by atoms with Crippen molar-refractivity contribution >= 4 is 17.9 Å². The molecule has 1 aromatic heterocycles. The molecule has 3 rings (SSSR count). The van der Waals surface area contributed by atoms with Gasteiger partial charge in [-0.05, 0) is 61.2 Å². The van der Waals surface area contributed by atoms with Crippen LogP contribution in [0.5, 0.6) is 0 Å². The summed E-state index contributed by atoms with van der Waals surface area (Å²) in [6, 6.07) is 16.8. The third-order valence-electron chi connectivity index (χ3n) is 4.55. The first-order valence-corrected chi connectivity index (χ1v) is 9.68. The standard InChI is InChI=1S/C24H23FN2O3/c1-17-6-2-3-9-21(17)23(28)27-22(16-20-8-5-15-30-20)24(29)26-14-4-7-18-10-12-19(25)13-11-18/h2-3,5-6,8-13,15-16H,4,7,14H2,1H3,(H,26,29)(H,27,28)/b22-16-. The van der Waals surface area contributed by atoms with Crippen LogP contribution in [-0.4, -0.2) is 18.4 Å². The van der Waals surface area contributed by atoms with E-state index in [1.54, 1.807) is 36.4 Å². The molecule has 0 saturated carbocycles. The van der Waals surface area contributed by atoms with Crippen molar-refractivity contribution in [2.75, 3.05) is 6.54 Å². The summed E-state index contributed by atoms with van der Waals surface area (Å²) in [7, 11) is 0. The van der Waals surface area contributed by atoms with Gasteiger partial charge in [0.25, 0.3) is 11.8 Å². The summed E-state index contributed by atoms with van der Waals surface area (Å²) in [6.45, 7) is 2.24. The largest absolute Gasteiger partial charge is 0.465 e. The molecule has 0 radical (unpaired) electrons. The van der Waals surface area contributed by atoms with E-state index >= 15 is 0 Å². The molecular formula is C24H23FN2O3. The highest BCUT2D eigenvalue weighted by atomic mass is 19.1. The second kappa shape index (κ2) is 10.2. The summed E-state index contributed by atoms with van der Waals surface area (Å²) in [5.41, 5.74) is 2.39. The number of amides is 2. The molecule has 2 aromatic carbocycles. The van der Waals surface area contributed by atoms with Crippen LogP contribution < -0.4 is 10.6 Å². The second-order valence-electron chi connectivity index (χ2n) is 6.83. The van der Waals surface area contributed by atoms with Crippen LogP contribution in [0.4, 0.5) is 4.39 Å². The van der Waals surface area contributed by atoms with Crippen LogP contribution in [0.3, 0.4) is 0 Å². The van der Waals surface area contributed by atoms with Gasteiger partial charge in [-0.15, -0.1) is 0 Å². The molecule has 1 heterocycles. The van der Waals surface area contributed by atoms with Gasteiger partial charge in [-0.25, -0.2) is 4.39 Å². The molecule has 0 aliphatic rings. The molecule has 0 aliphatic carbocycles. The molecule has 0 aliphatic heterocycles. The lowest BCUT2D eigenvalue weighted by atomic mass is 10.1. The fourth-order valence-corrected chi connectivity index (χ4v) is 2.93. The number of hydrogen-bond donors (Lipinski definition) is 2. The summed E-state index contributed by atoms with van der Waals surface area (Å²) < 4.78 is 18.3. The van der Waals surface area contributed by atoms with Crippen LogP contribution in [0.15, 0.2) is 77.0 Å². The molecule has 5 nitrogen and oxygen atoms in total. The minimum atomic E-state index is -0.410. The number of carbonyl (C=O) groups excluding carboxylic acids is 2. The fraction of sp³-hybridized carbons (Fsp3) is 0.167. The van der Waals surface area contributed by atoms with E-state index in [0.717, 1.165) is 11.1 Å². The SMILES string of the molecule is Cc1ccccc1C(=O)N/C(=C\c1ccco1)C(=O)NCCCc1ccc(F)cc1. The lowest BCUT2D eigenvalue weighted by Crippen LogP contribution is -2.35. The molecule has 2 amide bonds. The zero-order valence-corrected chi connectivity index (χ0v) is 16.7. The van der Waals surface area contributed by atoms with Gasteiger partial charge in [-0.3, -0.25) is 9.59 Å². The Morgan fingerprint density at radius 1 is 1.03 bits per heavy atom. The van der Waals surface area contributed by atoms with E-state index in [2.05, 4.69) is 10.6 Å².